The number of fused-ring (bicyclic) bond motifs is 1. The number of H-pyrrole nitrogens is 1. The van der Waals surface area contributed by atoms with Crippen LogP contribution in [0.2, 0.25) is 0 Å². The van der Waals surface area contributed by atoms with Gasteiger partial charge in [-0.1, -0.05) is 0 Å². The maximum Gasteiger partial charge on any atom is 0.0682 e. The number of aromatic amines is 1. The fourth-order valence-electron chi connectivity index (χ4n) is 1.63. The van der Waals surface area contributed by atoms with E-state index in [1.165, 1.54) is 11.3 Å². The van der Waals surface area contributed by atoms with Crippen molar-refractivity contribution < 1.29 is 0 Å². The molecule has 1 aromatic heterocycles. The fraction of sp³-hybridized carbons (Fsp3) is 0.625. The summed E-state index contributed by atoms with van der Waals surface area (Å²) in [5.74, 6) is 0. The Morgan fingerprint density at radius 1 is 1.50 bits per heavy atom. The van der Waals surface area contributed by atoms with Gasteiger partial charge in [-0.25, -0.2) is 0 Å². The summed E-state index contributed by atoms with van der Waals surface area (Å²) in [6, 6.07) is 0. The van der Waals surface area contributed by atoms with Crippen molar-refractivity contribution in [3.8, 4) is 0 Å². The van der Waals surface area contributed by atoms with Crippen molar-refractivity contribution >= 4 is 0 Å². The van der Waals surface area contributed by atoms with Gasteiger partial charge in [0, 0.05) is 37.2 Å². The molecule has 0 aliphatic carbocycles. The summed E-state index contributed by atoms with van der Waals surface area (Å²) in [6.45, 7) is 2.68. The molecule has 66 valence electrons. The van der Waals surface area contributed by atoms with Crippen LogP contribution in [0.1, 0.15) is 17.0 Å². The molecule has 4 nitrogen and oxygen atoms in total. The Labute approximate surface area is 71.5 Å². The highest BCUT2D eigenvalue weighted by Gasteiger charge is 2.14. The number of hydrogen-bond donors (Lipinski definition) is 3. The van der Waals surface area contributed by atoms with Crippen molar-refractivity contribution in [2.45, 2.75) is 19.4 Å². The maximum atomic E-state index is 5.48. The zero-order valence-electron chi connectivity index (χ0n) is 7.06. The first-order valence-electron chi connectivity index (χ1n) is 4.37. The van der Waals surface area contributed by atoms with E-state index in [1.54, 1.807) is 0 Å². The van der Waals surface area contributed by atoms with Crippen LogP contribution in [0.3, 0.4) is 0 Å². The molecule has 4 heteroatoms. The second-order valence-electron chi connectivity index (χ2n) is 3.09. The Morgan fingerprint density at radius 2 is 2.42 bits per heavy atom. The molecule has 0 unspecified atom stereocenters. The second-order valence-corrected chi connectivity index (χ2v) is 3.09. The third-order valence-electron chi connectivity index (χ3n) is 2.27. The lowest BCUT2D eigenvalue weighted by molar-refractivity contribution is 0.633. The van der Waals surface area contributed by atoms with Crippen LogP contribution < -0.4 is 11.1 Å². The average Bonchev–Trinajstić information content (AvgIpc) is 2.50. The molecule has 12 heavy (non-hydrogen) atoms. The minimum atomic E-state index is 0.678. The number of nitrogens with two attached hydrogens (primary N) is 1. The van der Waals surface area contributed by atoms with Gasteiger partial charge in [0.15, 0.2) is 0 Å². The van der Waals surface area contributed by atoms with Gasteiger partial charge in [-0.3, -0.25) is 5.10 Å². The van der Waals surface area contributed by atoms with Gasteiger partial charge in [-0.15, -0.1) is 0 Å². The van der Waals surface area contributed by atoms with E-state index in [0.717, 1.165) is 31.6 Å². The smallest absolute Gasteiger partial charge is 0.0682 e. The van der Waals surface area contributed by atoms with E-state index in [1.807, 2.05) is 0 Å². The summed E-state index contributed by atoms with van der Waals surface area (Å²) in [7, 11) is 0. The van der Waals surface area contributed by atoms with E-state index in [0.29, 0.717) is 6.54 Å². The van der Waals surface area contributed by atoms with Crippen LogP contribution in [0.25, 0.3) is 0 Å². The van der Waals surface area contributed by atoms with Crippen molar-refractivity contribution in [2.75, 3.05) is 13.1 Å². The van der Waals surface area contributed by atoms with Gasteiger partial charge in [0.1, 0.15) is 0 Å². The summed E-state index contributed by atoms with van der Waals surface area (Å²) >= 11 is 0. The lowest BCUT2D eigenvalue weighted by atomic mass is 10.1. The molecule has 1 aliphatic heterocycles. The van der Waals surface area contributed by atoms with Crippen molar-refractivity contribution in [3.63, 3.8) is 0 Å². The highest BCUT2D eigenvalue weighted by molar-refractivity contribution is 5.27. The van der Waals surface area contributed by atoms with E-state index >= 15 is 0 Å². The van der Waals surface area contributed by atoms with Crippen molar-refractivity contribution in [1.29, 1.82) is 0 Å². The standard InChI is InChI=1S/C8H14N4/c9-3-1-7-6-5-10-4-2-8(6)12-11-7/h10H,1-5,9H2,(H,11,12). The lowest BCUT2D eigenvalue weighted by Crippen LogP contribution is -2.24. The Bertz CT molecular complexity index is 266. The second kappa shape index (κ2) is 3.25. The van der Waals surface area contributed by atoms with Crippen LogP contribution in [0.5, 0.6) is 0 Å². The van der Waals surface area contributed by atoms with Crippen LogP contribution in [-0.4, -0.2) is 23.3 Å². The van der Waals surface area contributed by atoms with Crippen LogP contribution >= 0.6 is 0 Å². The molecule has 0 aromatic carbocycles. The van der Waals surface area contributed by atoms with Crippen LogP contribution in [0, 0.1) is 0 Å². The first kappa shape index (κ1) is 7.76. The minimum Gasteiger partial charge on any atom is -0.330 e. The Morgan fingerprint density at radius 3 is 3.25 bits per heavy atom. The maximum absolute atomic E-state index is 5.48. The van der Waals surface area contributed by atoms with Crippen LogP contribution in [0.4, 0.5) is 0 Å². The predicted molar refractivity (Wildman–Crippen MR) is 46.8 cm³/mol. The van der Waals surface area contributed by atoms with Gasteiger partial charge in [0.25, 0.3) is 0 Å². The van der Waals surface area contributed by atoms with E-state index in [4.69, 9.17) is 5.73 Å². The minimum absolute atomic E-state index is 0.678. The molecule has 0 saturated carbocycles. The molecule has 1 aliphatic rings. The first-order valence-corrected chi connectivity index (χ1v) is 4.37. The van der Waals surface area contributed by atoms with E-state index in [2.05, 4.69) is 15.5 Å². The third-order valence-corrected chi connectivity index (χ3v) is 2.27. The molecule has 0 radical (unpaired) electrons. The molecule has 0 amide bonds. The summed E-state index contributed by atoms with van der Waals surface area (Å²) < 4.78 is 0. The lowest BCUT2D eigenvalue weighted by Gasteiger charge is -2.12. The van der Waals surface area contributed by atoms with Gasteiger partial charge in [0.05, 0.1) is 5.69 Å². The van der Waals surface area contributed by atoms with E-state index < -0.39 is 0 Å². The summed E-state index contributed by atoms with van der Waals surface area (Å²) in [5.41, 5.74) is 9.25. The van der Waals surface area contributed by atoms with Gasteiger partial charge in [-0.2, -0.15) is 5.10 Å². The zero-order valence-corrected chi connectivity index (χ0v) is 7.06. The number of nitrogens with zero attached hydrogens (tertiary/aromatic N) is 1. The van der Waals surface area contributed by atoms with Crippen molar-refractivity contribution in [2.24, 2.45) is 5.73 Å². The van der Waals surface area contributed by atoms with Gasteiger partial charge >= 0.3 is 0 Å². The molecule has 0 spiro atoms. The highest BCUT2D eigenvalue weighted by atomic mass is 15.1. The van der Waals surface area contributed by atoms with E-state index in [-0.39, 0.29) is 0 Å². The topological polar surface area (TPSA) is 66.7 Å². The number of rotatable bonds is 2. The molecule has 2 rings (SSSR count). The fourth-order valence-corrected chi connectivity index (χ4v) is 1.63. The molecular weight excluding hydrogens is 152 g/mol. The molecule has 2 heterocycles. The summed E-state index contributed by atoms with van der Waals surface area (Å²) in [4.78, 5) is 0. The molecule has 0 saturated heterocycles. The largest absolute Gasteiger partial charge is 0.330 e. The number of aromatic nitrogens is 2. The molecular formula is C8H14N4. The molecule has 4 N–H and O–H groups in total. The SMILES string of the molecule is NCCc1n[nH]c2c1CNCC2. The first-order chi connectivity index (χ1) is 5.92. The molecule has 1 aromatic rings. The Balaban J connectivity index is 2.25. The number of hydrogen-bond acceptors (Lipinski definition) is 3. The van der Waals surface area contributed by atoms with Crippen LogP contribution in [-0.2, 0) is 19.4 Å². The molecule has 0 fully saturated rings. The Hall–Kier alpha value is -0.870. The van der Waals surface area contributed by atoms with Gasteiger partial charge in [0.2, 0.25) is 0 Å². The molecule has 0 bridgehead atoms. The van der Waals surface area contributed by atoms with Crippen molar-refractivity contribution in [1.82, 2.24) is 15.5 Å². The van der Waals surface area contributed by atoms with E-state index in [9.17, 15) is 0 Å². The van der Waals surface area contributed by atoms with Crippen molar-refractivity contribution in [3.05, 3.63) is 17.0 Å². The zero-order chi connectivity index (χ0) is 8.39. The quantitative estimate of drug-likeness (QED) is 0.558. The van der Waals surface area contributed by atoms with Gasteiger partial charge < -0.3 is 11.1 Å². The highest BCUT2D eigenvalue weighted by Crippen LogP contribution is 2.14. The summed E-state index contributed by atoms with van der Waals surface area (Å²) in [6.07, 6.45) is 1.94. The average molecular weight is 166 g/mol. The predicted octanol–water partition coefficient (Wildman–Crippen LogP) is -0.443. The monoisotopic (exact) mass is 166 g/mol. The number of nitrogens with one attached hydrogen (secondary N) is 2. The van der Waals surface area contributed by atoms with Crippen LogP contribution in [0.15, 0.2) is 0 Å². The summed E-state index contributed by atoms with van der Waals surface area (Å²) in [5, 5.41) is 10.6. The third kappa shape index (κ3) is 1.23. The molecule has 0 atom stereocenters. The Kier molecular flexibility index (Phi) is 2.10. The van der Waals surface area contributed by atoms with Gasteiger partial charge in [-0.05, 0) is 6.54 Å². The normalized spacial score (nSPS) is 16.1.